The highest BCUT2D eigenvalue weighted by Crippen LogP contribution is 2.38. The number of nitriles is 1. The number of ether oxygens (including phenoxy) is 1. The van der Waals surface area contributed by atoms with Crippen LogP contribution in [0.1, 0.15) is 17.7 Å². The molecule has 0 atom stereocenters. The van der Waals surface area contributed by atoms with E-state index in [4.69, 9.17) is 9.84 Å². The van der Waals surface area contributed by atoms with Crippen molar-refractivity contribution in [2.45, 2.75) is 6.42 Å². The molecular weight excluding hydrogens is 387 g/mol. The van der Waals surface area contributed by atoms with Crippen LogP contribution in [0.4, 0.5) is 4.39 Å². The average Bonchev–Trinajstić information content (AvgIpc) is 3.22. The number of nitrogens with zero attached hydrogens (tertiary/aromatic N) is 3. The van der Waals surface area contributed by atoms with Crippen molar-refractivity contribution in [1.29, 1.82) is 5.26 Å². The number of benzene rings is 1. The third-order valence-corrected chi connectivity index (χ3v) is 5.25. The SMILES string of the molecule is COc1ccc(F)cc1-c1c(C#N)cnc2[nH]c(C3=CCN(C(=O)CO)CC3)cc12. The minimum absolute atomic E-state index is 0.303. The number of methoxy groups -OCH3 is 1. The average molecular weight is 406 g/mol. The van der Waals surface area contributed by atoms with Gasteiger partial charge in [0.15, 0.2) is 0 Å². The Balaban J connectivity index is 1.83. The second-order valence-electron chi connectivity index (χ2n) is 6.93. The van der Waals surface area contributed by atoms with Crippen LogP contribution < -0.4 is 4.74 Å². The Morgan fingerprint density at radius 3 is 2.93 bits per heavy atom. The third kappa shape index (κ3) is 3.40. The first-order valence-electron chi connectivity index (χ1n) is 9.39. The first kappa shape index (κ1) is 19.6. The van der Waals surface area contributed by atoms with Crippen LogP contribution in [0, 0.1) is 17.1 Å². The molecule has 0 spiro atoms. The van der Waals surface area contributed by atoms with Gasteiger partial charge in [-0.2, -0.15) is 5.26 Å². The molecule has 0 unspecified atom stereocenters. The monoisotopic (exact) mass is 406 g/mol. The number of pyridine rings is 1. The predicted molar refractivity (Wildman–Crippen MR) is 109 cm³/mol. The van der Waals surface area contributed by atoms with Crippen molar-refractivity contribution in [3.8, 4) is 22.9 Å². The van der Waals surface area contributed by atoms with E-state index in [1.165, 1.54) is 31.5 Å². The zero-order valence-electron chi connectivity index (χ0n) is 16.3. The summed E-state index contributed by atoms with van der Waals surface area (Å²) in [6.45, 7) is 0.406. The fourth-order valence-electron chi connectivity index (χ4n) is 3.74. The smallest absolute Gasteiger partial charge is 0.248 e. The van der Waals surface area contributed by atoms with Gasteiger partial charge in [-0.15, -0.1) is 0 Å². The summed E-state index contributed by atoms with van der Waals surface area (Å²) in [7, 11) is 1.50. The fourth-order valence-corrected chi connectivity index (χ4v) is 3.74. The van der Waals surface area contributed by atoms with E-state index >= 15 is 0 Å². The van der Waals surface area contributed by atoms with Crippen molar-refractivity contribution in [2.75, 3.05) is 26.8 Å². The number of hydrogen-bond acceptors (Lipinski definition) is 5. The van der Waals surface area contributed by atoms with Gasteiger partial charge in [-0.1, -0.05) is 6.08 Å². The molecule has 1 aliphatic heterocycles. The predicted octanol–water partition coefficient (Wildman–Crippen LogP) is 2.86. The van der Waals surface area contributed by atoms with Gasteiger partial charge in [-0.05, 0) is 36.3 Å². The van der Waals surface area contributed by atoms with Crippen LogP contribution in [0.3, 0.4) is 0 Å². The summed E-state index contributed by atoms with van der Waals surface area (Å²) >= 11 is 0. The van der Waals surface area contributed by atoms with E-state index in [0.717, 1.165) is 11.3 Å². The van der Waals surface area contributed by atoms with Gasteiger partial charge in [-0.25, -0.2) is 9.37 Å². The summed E-state index contributed by atoms with van der Waals surface area (Å²) in [5, 5.41) is 19.3. The molecule has 3 heterocycles. The third-order valence-electron chi connectivity index (χ3n) is 5.25. The minimum atomic E-state index is -0.505. The second kappa shape index (κ2) is 7.97. The number of nitrogens with one attached hydrogen (secondary N) is 1. The largest absolute Gasteiger partial charge is 0.496 e. The van der Waals surface area contributed by atoms with Crippen LogP contribution in [0.15, 0.2) is 36.5 Å². The summed E-state index contributed by atoms with van der Waals surface area (Å²) in [5.41, 5.74) is 3.74. The Kier molecular flexibility index (Phi) is 5.21. The maximum absolute atomic E-state index is 14.0. The van der Waals surface area contributed by atoms with E-state index in [9.17, 15) is 14.4 Å². The normalized spacial score (nSPS) is 13.8. The summed E-state index contributed by atoms with van der Waals surface area (Å²) in [4.78, 5) is 20.9. The molecular formula is C22H19FN4O3. The Labute approximate surface area is 172 Å². The van der Waals surface area contributed by atoms with Crippen molar-refractivity contribution < 1.29 is 19.0 Å². The lowest BCUT2D eigenvalue weighted by Crippen LogP contribution is -2.36. The van der Waals surface area contributed by atoms with Crippen LogP contribution in [-0.2, 0) is 4.79 Å². The van der Waals surface area contributed by atoms with Crippen LogP contribution in [0.5, 0.6) is 5.75 Å². The van der Waals surface area contributed by atoms with Gasteiger partial charge in [0.2, 0.25) is 5.91 Å². The molecule has 1 amide bonds. The molecule has 8 heteroatoms. The lowest BCUT2D eigenvalue weighted by molar-refractivity contribution is -0.133. The molecule has 2 N–H and O–H groups in total. The van der Waals surface area contributed by atoms with Gasteiger partial charge in [0.1, 0.15) is 29.9 Å². The number of hydrogen-bond donors (Lipinski definition) is 2. The molecule has 2 aromatic heterocycles. The number of rotatable bonds is 4. The number of H-pyrrole nitrogens is 1. The van der Waals surface area contributed by atoms with Gasteiger partial charge in [0.05, 0.1) is 12.7 Å². The molecule has 0 aliphatic carbocycles. The first-order chi connectivity index (χ1) is 14.5. The van der Waals surface area contributed by atoms with Crippen molar-refractivity contribution in [1.82, 2.24) is 14.9 Å². The van der Waals surface area contributed by atoms with E-state index < -0.39 is 12.4 Å². The molecule has 0 saturated heterocycles. The topological polar surface area (TPSA) is 102 Å². The molecule has 7 nitrogen and oxygen atoms in total. The van der Waals surface area contributed by atoms with E-state index in [0.29, 0.717) is 53.0 Å². The first-order valence-corrected chi connectivity index (χ1v) is 9.39. The van der Waals surface area contributed by atoms with Gasteiger partial charge in [0, 0.05) is 41.5 Å². The van der Waals surface area contributed by atoms with Crippen LogP contribution >= 0.6 is 0 Å². The number of halogens is 1. The summed E-state index contributed by atoms with van der Waals surface area (Å²) in [6, 6.07) is 8.20. The zero-order chi connectivity index (χ0) is 21.3. The van der Waals surface area contributed by atoms with Crippen molar-refractivity contribution in [3.05, 3.63) is 53.6 Å². The number of fused-ring (bicyclic) bond motifs is 1. The fraction of sp³-hybridized carbons (Fsp3) is 0.227. The molecule has 1 aliphatic rings. The highest BCUT2D eigenvalue weighted by Gasteiger charge is 2.21. The summed E-state index contributed by atoms with van der Waals surface area (Å²) < 4.78 is 19.4. The van der Waals surface area contributed by atoms with Gasteiger partial charge in [0.25, 0.3) is 0 Å². The number of aromatic nitrogens is 2. The van der Waals surface area contributed by atoms with Crippen LogP contribution in [-0.4, -0.2) is 52.7 Å². The Morgan fingerprint density at radius 2 is 2.27 bits per heavy atom. The number of carbonyl (C=O) groups excluding carboxylic acids is 1. The highest BCUT2D eigenvalue weighted by atomic mass is 19.1. The van der Waals surface area contributed by atoms with Crippen molar-refractivity contribution >= 4 is 22.5 Å². The maximum atomic E-state index is 14.0. The minimum Gasteiger partial charge on any atom is -0.496 e. The van der Waals surface area contributed by atoms with E-state index in [1.54, 1.807) is 4.90 Å². The number of aromatic amines is 1. The van der Waals surface area contributed by atoms with E-state index in [-0.39, 0.29) is 5.91 Å². The molecule has 152 valence electrons. The van der Waals surface area contributed by atoms with Crippen molar-refractivity contribution in [3.63, 3.8) is 0 Å². The number of carbonyl (C=O) groups is 1. The number of aliphatic hydroxyl groups is 1. The molecule has 3 aromatic rings. The number of aliphatic hydroxyl groups excluding tert-OH is 1. The molecule has 0 saturated carbocycles. The van der Waals surface area contributed by atoms with Crippen LogP contribution in [0.2, 0.25) is 0 Å². The summed E-state index contributed by atoms with van der Waals surface area (Å²) in [6.07, 6.45) is 4.00. The lowest BCUT2D eigenvalue weighted by atomic mass is 9.97. The van der Waals surface area contributed by atoms with E-state index in [2.05, 4.69) is 16.0 Å². The Hall–Kier alpha value is -3.70. The Morgan fingerprint density at radius 1 is 1.43 bits per heavy atom. The number of amides is 1. The van der Waals surface area contributed by atoms with Crippen molar-refractivity contribution in [2.24, 2.45) is 0 Å². The molecule has 0 radical (unpaired) electrons. The molecule has 30 heavy (non-hydrogen) atoms. The quantitative estimate of drug-likeness (QED) is 0.694. The Bertz CT molecular complexity index is 1210. The van der Waals surface area contributed by atoms with Gasteiger partial charge >= 0.3 is 0 Å². The molecule has 0 bridgehead atoms. The second-order valence-corrected chi connectivity index (χ2v) is 6.93. The molecule has 4 rings (SSSR count). The zero-order valence-corrected chi connectivity index (χ0v) is 16.3. The molecule has 0 fully saturated rings. The summed E-state index contributed by atoms with van der Waals surface area (Å²) in [5.74, 6) is -0.278. The van der Waals surface area contributed by atoms with Gasteiger partial charge < -0.3 is 19.7 Å². The lowest BCUT2D eigenvalue weighted by Gasteiger charge is -2.25. The standard InChI is InChI=1S/C22H19FN4O3/c1-30-19-3-2-15(23)8-16(19)21-14(10-24)11-25-22-17(21)9-18(26-22)13-4-6-27(7-5-13)20(29)12-28/h2-4,8-9,11,28H,5-7,12H2,1H3,(H,25,26). The van der Waals surface area contributed by atoms with E-state index in [1.807, 2.05) is 12.1 Å². The highest BCUT2D eigenvalue weighted by molar-refractivity contribution is 5.99. The van der Waals surface area contributed by atoms with Crippen LogP contribution in [0.25, 0.3) is 27.7 Å². The maximum Gasteiger partial charge on any atom is 0.248 e. The van der Waals surface area contributed by atoms with Gasteiger partial charge in [-0.3, -0.25) is 4.79 Å². The molecule has 1 aromatic carbocycles.